The minimum Gasteiger partial charge on any atom is -0.475 e. The van der Waals surface area contributed by atoms with Crippen molar-refractivity contribution < 1.29 is 35.9 Å². The van der Waals surface area contributed by atoms with E-state index in [0.29, 0.717) is 16.5 Å². The van der Waals surface area contributed by atoms with E-state index in [4.69, 9.17) is 9.52 Å². The lowest BCUT2D eigenvalue weighted by molar-refractivity contribution is -0.137. The number of hydrogen-bond donors (Lipinski definition) is 2. The van der Waals surface area contributed by atoms with Gasteiger partial charge < -0.3 is 9.52 Å². The van der Waals surface area contributed by atoms with Crippen LogP contribution in [0.4, 0.5) is 13.2 Å². The highest BCUT2D eigenvalue weighted by molar-refractivity contribution is 7.89. The third kappa shape index (κ3) is 4.13. The van der Waals surface area contributed by atoms with Crippen LogP contribution in [0.15, 0.2) is 51.8 Å². The molecule has 3 rings (SSSR count). The molecule has 2 aromatic carbocycles. The summed E-state index contributed by atoms with van der Waals surface area (Å²) in [5.74, 6) is -1.54. The van der Waals surface area contributed by atoms with E-state index in [0.717, 1.165) is 12.1 Å². The molecule has 0 amide bonds. The molecule has 10 heteroatoms. The number of benzene rings is 2. The molecular formula is C19H16F3NO5S. The van der Waals surface area contributed by atoms with Gasteiger partial charge >= 0.3 is 12.1 Å². The van der Waals surface area contributed by atoms with Crippen LogP contribution in [-0.4, -0.2) is 19.5 Å². The first-order chi connectivity index (χ1) is 13.4. The molecule has 0 fully saturated rings. The number of carboxylic acids is 1. The Morgan fingerprint density at radius 3 is 2.31 bits per heavy atom. The molecule has 154 valence electrons. The molecule has 1 atom stereocenters. The van der Waals surface area contributed by atoms with Crippen LogP contribution in [0.25, 0.3) is 11.0 Å². The number of alkyl halides is 3. The smallest absolute Gasteiger partial charge is 0.416 e. The SMILES string of the molecule is Cc1c(C(=O)O)oc2ccc(S(=O)(=O)NC(C)c3ccc(C(F)(F)F)cc3)cc12. The summed E-state index contributed by atoms with van der Waals surface area (Å²) >= 11 is 0. The average molecular weight is 427 g/mol. The van der Waals surface area contributed by atoms with Crippen molar-refractivity contribution in [2.75, 3.05) is 0 Å². The van der Waals surface area contributed by atoms with Crippen molar-refractivity contribution in [2.45, 2.75) is 31.0 Å². The van der Waals surface area contributed by atoms with Crippen molar-refractivity contribution in [3.8, 4) is 0 Å². The van der Waals surface area contributed by atoms with Gasteiger partial charge in [0.1, 0.15) is 5.58 Å². The number of carbonyl (C=O) groups is 1. The van der Waals surface area contributed by atoms with Gasteiger partial charge in [0.15, 0.2) is 0 Å². The predicted molar refractivity (Wildman–Crippen MR) is 98.1 cm³/mol. The van der Waals surface area contributed by atoms with Crippen molar-refractivity contribution in [1.29, 1.82) is 0 Å². The number of halogens is 3. The van der Waals surface area contributed by atoms with Crippen LogP contribution in [0.5, 0.6) is 0 Å². The molecular weight excluding hydrogens is 411 g/mol. The van der Waals surface area contributed by atoms with E-state index in [9.17, 15) is 26.4 Å². The van der Waals surface area contributed by atoms with Crippen molar-refractivity contribution >= 4 is 27.0 Å². The monoisotopic (exact) mass is 427 g/mol. The van der Waals surface area contributed by atoms with Crippen molar-refractivity contribution in [3.05, 3.63) is 64.9 Å². The second-order valence-electron chi connectivity index (χ2n) is 6.48. The predicted octanol–water partition coefficient (Wildman–Crippen LogP) is 4.50. The second kappa shape index (κ2) is 7.20. The van der Waals surface area contributed by atoms with Crippen LogP contribution < -0.4 is 4.72 Å². The maximum atomic E-state index is 12.7. The number of furan rings is 1. The van der Waals surface area contributed by atoms with Crippen molar-refractivity contribution in [1.82, 2.24) is 4.72 Å². The fraction of sp³-hybridized carbons (Fsp3) is 0.211. The maximum Gasteiger partial charge on any atom is 0.416 e. The summed E-state index contributed by atoms with van der Waals surface area (Å²) in [7, 11) is -4.03. The van der Waals surface area contributed by atoms with E-state index >= 15 is 0 Å². The second-order valence-corrected chi connectivity index (χ2v) is 8.20. The number of sulfonamides is 1. The Morgan fingerprint density at radius 1 is 1.14 bits per heavy atom. The third-order valence-corrected chi connectivity index (χ3v) is 6.02. The molecule has 2 N–H and O–H groups in total. The molecule has 0 saturated carbocycles. The number of aromatic carboxylic acids is 1. The van der Waals surface area contributed by atoms with Gasteiger partial charge in [0, 0.05) is 17.0 Å². The van der Waals surface area contributed by atoms with Gasteiger partial charge in [0.2, 0.25) is 15.8 Å². The number of rotatable bonds is 5. The average Bonchev–Trinajstić information content (AvgIpc) is 2.97. The highest BCUT2D eigenvalue weighted by atomic mass is 32.2. The van der Waals surface area contributed by atoms with E-state index in [-0.39, 0.29) is 16.2 Å². The van der Waals surface area contributed by atoms with Crippen molar-refractivity contribution in [3.63, 3.8) is 0 Å². The first-order valence-corrected chi connectivity index (χ1v) is 9.84. The fourth-order valence-electron chi connectivity index (χ4n) is 2.90. The zero-order valence-corrected chi connectivity index (χ0v) is 16.1. The minimum absolute atomic E-state index is 0.121. The normalized spacial score (nSPS) is 13.6. The number of carboxylic acid groups (broad SMARTS) is 1. The van der Waals surface area contributed by atoms with Gasteiger partial charge in [0.05, 0.1) is 10.5 Å². The largest absolute Gasteiger partial charge is 0.475 e. The van der Waals surface area contributed by atoms with Crippen molar-refractivity contribution in [2.24, 2.45) is 0 Å². The third-order valence-electron chi connectivity index (χ3n) is 4.48. The Morgan fingerprint density at radius 2 is 1.76 bits per heavy atom. The highest BCUT2D eigenvalue weighted by Crippen LogP contribution is 2.31. The highest BCUT2D eigenvalue weighted by Gasteiger charge is 2.30. The lowest BCUT2D eigenvalue weighted by Crippen LogP contribution is -2.27. The summed E-state index contributed by atoms with van der Waals surface area (Å²) in [6.45, 7) is 3.01. The summed E-state index contributed by atoms with van der Waals surface area (Å²) in [6.07, 6.45) is -4.48. The molecule has 1 aromatic heterocycles. The Kier molecular flexibility index (Phi) is 5.18. The summed E-state index contributed by atoms with van der Waals surface area (Å²) < 4.78 is 71.0. The zero-order chi connectivity index (χ0) is 21.6. The topological polar surface area (TPSA) is 96.6 Å². The molecule has 0 saturated heterocycles. The van der Waals surface area contributed by atoms with Gasteiger partial charge in [-0.05, 0) is 49.7 Å². The quantitative estimate of drug-likeness (QED) is 0.625. The standard InChI is InChI=1S/C19H16F3NO5S/c1-10-15-9-14(7-8-16(15)28-17(10)18(24)25)29(26,27)23-11(2)12-3-5-13(6-4-12)19(20,21)22/h3-9,11,23H,1-2H3,(H,24,25). The van der Waals surface area contributed by atoms with Gasteiger partial charge in [-0.2, -0.15) is 13.2 Å². The van der Waals surface area contributed by atoms with Gasteiger partial charge in [-0.1, -0.05) is 12.1 Å². The number of hydrogen-bond acceptors (Lipinski definition) is 4. The number of fused-ring (bicyclic) bond motifs is 1. The fourth-order valence-corrected chi connectivity index (χ4v) is 4.16. The Balaban J connectivity index is 1.89. The van der Waals surface area contributed by atoms with Crippen LogP contribution in [0.3, 0.4) is 0 Å². The molecule has 0 radical (unpaired) electrons. The van der Waals surface area contributed by atoms with E-state index in [1.54, 1.807) is 0 Å². The minimum atomic E-state index is -4.48. The van der Waals surface area contributed by atoms with E-state index in [2.05, 4.69) is 4.72 Å². The van der Waals surface area contributed by atoms with Crippen LogP contribution in [0, 0.1) is 6.92 Å². The summed E-state index contributed by atoms with van der Waals surface area (Å²) in [5.41, 5.74) is 0.0525. The lowest BCUT2D eigenvalue weighted by Gasteiger charge is -2.16. The van der Waals surface area contributed by atoms with Crippen LogP contribution in [0.2, 0.25) is 0 Å². The summed E-state index contributed by atoms with van der Waals surface area (Å²) in [6, 6.07) is 7.30. The molecule has 0 spiro atoms. The van der Waals surface area contributed by atoms with Gasteiger partial charge in [0.25, 0.3) is 0 Å². The van der Waals surface area contributed by atoms with E-state index in [1.807, 2.05) is 0 Å². The molecule has 6 nitrogen and oxygen atoms in total. The summed E-state index contributed by atoms with van der Waals surface area (Å²) in [4.78, 5) is 11.0. The van der Waals surface area contributed by atoms with Crippen LogP contribution in [-0.2, 0) is 16.2 Å². The lowest BCUT2D eigenvalue weighted by atomic mass is 10.1. The number of nitrogens with one attached hydrogen (secondary N) is 1. The molecule has 3 aromatic rings. The number of aryl methyl sites for hydroxylation is 1. The van der Waals surface area contributed by atoms with E-state index in [1.165, 1.54) is 44.2 Å². The van der Waals surface area contributed by atoms with Gasteiger partial charge in [-0.15, -0.1) is 0 Å². The Labute approximate surface area is 164 Å². The first-order valence-electron chi connectivity index (χ1n) is 8.36. The van der Waals surface area contributed by atoms with Crippen LogP contribution in [0.1, 0.15) is 40.2 Å². The van der Waals surface area contributed by atoms with Crippen LogP contribution >= 0.6 is 0 Å². The molecule has 1 unspecified atom stereocenters. The molecule has 0 aliphatic rings. The van der Waals surface area contributed by atoms with E-state index < -0.39 is 33.8 Å². The zero-order valence-electron chi connectivity index (χ0n) is 15.2. The molecule has 1 heterocycles. The molecule has 0 aliphatic heterocycles. The van der Waals surface area contributed by atoms with Gasteiger partial charge in [-0.3, -0.25) is 0 Å². The van der Waals surface area contributed by atoms with Gasteiger partial charge in [-0.25, -0.2) is 17.9 Å². The molecule has 0 bridgehead atoms. The Hall–Kier alpha value is -2.85. The first kappa shape index (κ1) is 20.9. The molecule has 29 heavy (non-hydrogen) atoms. The maximum absolute atomic E-state index is 12.7. The summed E-state index contributed by atoms with van der Waals surface area (Å²) in [5, 5.41) is 9.46. The Bertz CT molecular complexity index is 1180. The molecule has 0 aliphatic carbocycles.